The first-order valence-corrected chi connectivity index (χ1v) is 10.1. The number of fused-ring (bicyclic) bond motifs is 1. The molecule has 3 aliphatic rings. The summed E-state index contributed by atoms with van der Waals surface area (Å²) in [7, 11) is 0. The van der Waals surface area contributed by atoms with Gasteiger partial charge in [-0.1, -0.05) is 32.1 Å². The van der Waals surface area contributed by atoms with Gasteiger partial charge in [0.25, 0.3) is 11.8 Å². The Morgan fingerprint density at radius 3 is 2.46 bits per heavy atom. The molecule has 4 rings (SSSR count). The number of nitrogens with one attached hydrogen (secondary N) is 2. The molecule has 0 aromatic heterocycles. The summed E-state index contributed by atoms with van der Waals surface area (Å²) in [6.07, 6.45) is 7.95. The molecule has 0 bridgehead atoms. The van der Waals surface area contributed by atoms with Crippen molar-refractivity contribution in [2.75, 3.05) is 11.9 Å². The van der Waals surface area contributed by atoms with Crippen molar-refractivity contribution < 1.29 is 19.2 Å². The van der Waals surface area contributed by atoms with Gasteiger partial charge in [0.1, 0.15) is 6.04 Å². The number of benzene rings is 1. The lowest BCUT2D eigenvalue weighted by Crippen LogP contribution is -2.54. The number of rotatable bonds is 5. The number of carbonyl (C=O) groups is 4. The fourth-order valence-corrected chi connectivity index (χ4v) is 4.48. The topological polar surface area (TPSA) is 95.6 Å². The smallest absolute Gasteiger partial charge is 0.262 e. The van der Waals surface area contributed by atoms with Crippen LogP contribution in [0.5, 0.6) is 0 Å². The van der Waals surface area contributed by atoms with E-state index in [1.54, 1.807) is 18.2 Å². The van der Waals surface area contributed by atoms with Gasteiger partial charge in [-0.25, -0.2) is 0 Å². The number of hydrogen-bond acceptors (Lipinski definition) is 5. The first-order chi connectivity index (χ1) is 13.5. The normalized spacial score (nSPS) is 23.0. The van der Waals surface area contributed by atoms with Crippen molar-refractivity contribution in [3.05, 3.63) is 29.3 Å². The first-order valence-electron chi connectivity index (χ1n) is 10.1. The first kappa shape index (κ1) is 18.7. The Hall–Kier alpha value is -2.70. The summed E-state index contributed by atoms with van der Waals surface area (Å²) in [4.78, 5) is 50.0. The molecule has 2 N–H and O–H groups in total. The minimum absolute atomic E-state index is 0.123. The van der Waals surface area contributed by atoms with E-state index in [1.807, 2.05) is 0 Å². The van der Waals surface area contributed by atoms with Crippen LogP contribution in [-0.2, 0) is 9.59 Å². The van der Waals surface area contributed by atoms with Crippen LogP contribution in [0.3, 0.4) is 0 Å². The van der Waals surface area contributed by atoms with E-state index in [2.05, 4.69) is 10.6 Å². The van der Waals surface area contributed by atoms with Gasteiger partial charge in [0.2, 0.25) is 11.8 Å². The highest BCUT2D eigenvalue weighted by atomic mass is 16.2. The van der Waals surface area contributed by atoms with Crippen molar-refractivity contribution >= 4 is 29.3 Å². The van der Waals surface area contributed by atoms with E-state index < -0.39 is 23.8 Å². The molecule has 2 aliphatic heterocycles. The predicted molar refractivity (Wildman–Crippen MR) is 103 cm³/mol. The number of amides is 4. The molecule has 1 unspecified atom stereocenters. The molecule has 28 heavy (non-hydrogen) atoms. The van der Waals surface area contributed by atoms with E-state index in [0.717, 1.165) is 29.5 Å². The summed E-state index contributed by atoms with van der Waals surface area (Å²) < 4.78 is 0. The summed E-state index contributed by atoms with van der Waals surface area (Å²) in [6, 6.07) is 4.22. The quantitative estimate of drug-likeness (QED) is 0.762. The maximum atomic E-state index is 12.8. The molecule has 1 atom stereocenters. The Labute approximate surface area is 163 Å². The number of carbonyl (C=O) groups excluding carboxylic acids is 4. The van der Waals surface area contributed by atoms with Crippen LogP contribution in [-0.4, -0.2) is 41.1 Å². The maximum Gasteiger partial charge on any atom is 0.262 e. The van der Waals surface area contributed by atoms with Crippen molar-refractivity contribution in [1.29, 1.82) is 0 Å². The number of imide groups is 2. The standard InChI is InChI=1S/C21H25N3O4/c25-18-9-8-17(19(26)23-18)24-20(27)15-7-6-14(12-16(15)21(24)28)22-11-10-13-4-2-1-3-5-13/h6-7,12-13,17,22H,1-5,8-11H2,(H,23,25,26). The van der Waals surface area contributed by atoms with Crippen LogP contribution in [0.4, 0.5) is 5.69 Å². The Bertz CT molecular complexity index is 829. The minimum atomic E-state index is -0.923. The molecule has 7 heteroatoms. The molecule has 7 nitrogen and oxygen atoms in total. The summed E-state index contributed by atoms with van der Waals surface area (Å²) in [5.41, 5.74) is 1.44. The number of hydrogen-bond donors (Lipinski definition) is 2. The molecule has 0 radical (unpaired) electrons. The molecule has 1 saturated heterocycles. The molecule has 2 fully saturated rings. The number of piperidine rings is 1. The monoisotopic (exact) mass is 383 g/mol. The lowest BCUT2D eigenvalue weighted by atomic mass is 9.87. The van der Waals surface area contributed by atoms with Crippen LogP contribution in [0.15, 0.2) is 18.2 Å². The number of anilines is 1. The Balaban J connectivity index is 1.43. The lowest BCUT2D eigenvalue weighted by molar-refractivity contribution is -0.136. The molecule has 2 heterocycles. The average Bonchev–Trinajstić information content (AvgIpc) is 2.93. The molecular formula is C21H25N3O4. The van der Waals surface area contributed by atoms with E-state index in [9.17, 15) is 19.2 Å². The van der Waals surface area contributed by atoms with Gasteiger partial charge in [-0.2, -0.15) is 0 Å². The Kier molecular flexibility index (Phi) is 5.15. The van der Waals surface area contributed by atoms with Gasteiger partial charge in [-0.05, 0) is 37.0 Å². The van der Waals surface area contributed by atoms with Gasteiger partial charge in [0.15, 0.2) is 0 Å². The minimum Gasteiger partial charge on any atom is -0.385 e. The second-order valence-corrected chi connectivity index (χ2v) is 7.93. The Morgan fingerprint density at radius 2 is 1.71 bits per heavy atom. The van der Waals surface area contributed by atoms with Gasteiger partial charge < -0.3 is 5.32 Å². The third kappa shape index (κ3) is 3.53. The van der Waals surface area contributed by atoms with Crippen molar-refractivity contribution in [3.8, 4) is 0 Å². The zero-order chi connectivity index (χ0) is 19.7. The molecule has 1 aliphatic carbocycles. The van der Waals surface area contributed by atoms with Crippen molar-refractivity contribution in [2.45, 2.75) is 57.4 Å². The Morgan fingerprint density at radius 1 is 0.964 bits per heavy atom. The molecule has 1 saturated carbocycles. The van der Waals surface area contributed by atoms with Crippen LogP contribution in [0.1, 0.15) is 72.1 Å². The summed E-state index contributed by atoms with van der Waals surface area (Å²) >= 11 is 0. The largest absolute Gasteiger partial charge is 0.385 e. The van der Waals surface area contributed by atoms with E-state index in [4.69, 9.17) is 0 Å². The summed E-state index contributed by atoms with van der Waals surface area (Å²) in [5, 5.41) is 5.57. The van der Waals surface area contributed by atoms with Crippen molar-refractivity contribution in [2.24, 2.45) is 5.92 Å². The van der Waals surface area contributed by atoms with Gasteiger partial charge in [-0.15, -0.1) is 0 Å². The third-order valence-corrected chi connectivity index (χ3v) is 6.05. The zero-order valence-corrected chi connectivity index (χ0v) is 15.8. The van der Waals surface area contributed by atoms with Crippen LogP contribution < -0.4 is 10.6 Å². The van der Waals surface area contributed by atoms with Crippen LogP contribution >= 0.6 is 0 Å². The molecule has 0 spiro atoms. The second kappa shape index (κ2) is 7.73. The highest BCUT2D eigenvalue weighted by Gasteiger charge is 2.44. The van der Waals surface area contributed by atoms with Crippen LogP contribution in [0.2, 0.25) is 0 Å². The average molecular weight is 383 g/mol. The van der Waals surface area contributed by atoms with Crippen molar-refractivity contribution in [1.82, 2.24) is 10.2 Å². The second-order valence-electron chi connectivity index (χ2n) is 7.93. The fraction of sp³-hybridized carbons (Fsp3) is 0.524. The van der Waals surface area contributed by atoms with Gasteiger partial charge in [-0.3, -0.25) is 29.4 Å². The third-order valence-electron chi connectivity index (χ3n) is 6.05. The SMILES string of the molecule is O=C1CCC(N2C(=O)c3ccc(NCCC4CCCCC4)cc3C2=O)C(=O)N1. The highest BCUT2D eigenvalue weighted by Crippen LogP contribution is 2.30. The lowest BCUT2D eigenvalue weighted by Gasteiger charge is -2.27. The highest BCUT2D eigenvalue weighted by molar-refractivity contribution is 6.23. The fourth-order valence-electron chi connectivity index (χ4n) is 4.48. The van der Waals surface area contributed by atoms with E-state index in [-0.39, 0.29) is 18.7 Å². The van der Waals surface area contributed by atoms with Gasteiger partial charge in [0, 0.05) is 18.7 Å². The predicted octanol–water partition coefficient (Wildman–Crippen LogP) is 2.47. The van der Waals surface area contributed by atoms with Gasteiger partial charge in [0.05, 0.1) is 11.1 Å². The van der Waals surface area contributed by atoms with Crippen LogP contribution in [0, 0.1) is 5.92 Å². The maximum absolute atomic E-state index is 12.8. The molecule has 4 amide bonds. The van der Waals surface area contributed by atoms with E-state index in [1.165, 1.54) is 32.1 Å². The molecule has 1 aromatic rings. The molecule has 1 aromatic carbocycles. The van der Waals surface area contributed by atoms with Crippen molar-refractivity contribution in [3.63, 3.8) is 0 Å². The van der Waals surface area contributed by atoms with Crippen LogP contribution in [0.25, 0.3) is 0 Å². The zero-order valence-electron chi connectivity index (χ0n) is 15.8. The molecule has 148 valence electrons. The number of nitrogens with zero attached hydrogens (tertiary/aromatic N) is 1. The van der Waals surface area contributed by atoms with E-state index in [0.29, 0.717) is 11.1 Å². The van der Waals surface area contributed by atoms with E-state index >= 15 is 0 Å². The van der Waals surface area contributed by atoms with Gasteiger partial charge >= 0.3 is 0 Å². The molecular weight excluding hydrogens is 358 g/mol. The summed E-state index contributed by atoms with van der Waals surface area (Å²) in [5.74, 6) is -1.13. The summed E-state index contributed by atoms with van der Waals surface area (Å²) in [6.45, 7) is 0.836.